The standard InChI is InChI=1S/C13H21F3N4/c1-5-7-20(9(3)4)11-8-10(17-6-2)18-12(19-11)13(14,15)16/h8-9H,5-7H2,1-4H3,(H,17,18,19). The first-order valence-corrected chi connectivity index (χ1v) is 6.76. The number of anilines is 2. The maximum Gasteiger partial charge on any atom is 0.451 e. The molecule has 0 aromatic carbocycles. The lowest BCUT2D eigenvalue weighted by atomic mass is 10.3. The van der Waals surface area contributed by atoms with E-state index in [4.69, 9.17) is 0 Å². The van der Waals surface area contributed by atoms with E-state index in [2.05, 4.69) is 15.3 Å². The molecule has 0 unspecified atom stereocenters. The van der Waals surface area contributed by atoms with E-state index in [0.29, 0.717) is 18.9 Å². The van der Waals surface area contributed by atoms with Crippen molar-refractivity contribution in [3.8, 4) is 0 Å². The maximum absolute atomic E-state index is 12.9. The molecule has 0 radical (unpaired) electrons. The molecule has 4 nitrogen and oxygen atoms in total. The average molecular weight is 290 g/mol. The molecule has 0 fully saturated rings. The Labute approximate surface area is 117 Å². The third-order valence-corrected chi connectivity index (χ3v) is 2.71. The number of aromatic nitrogens is 2. The van der Waals surface area contributed by atoms with Crippen molar-refractivity contribution < 1.29 is 13.2 Å². The summed E-state index contributed by atoms with van der Waals surface area (Å²) in [6, 6.07) is 1.63. The molecule has 0 aliphatic carbocycles. The lowest BCUT2D eigenvalue weighted by Crippen LogP contribution is -2.33. The molecule has 0 spiro atoms. The minimum Gasteiger partial charge on any atom is -0.370 e. The number of nitrogens with one attached hydrogen (secondary N) is 1. The van der Waals surface area contributed by atoms with Gasteiger partial charge in [0.25, 0.3) is 0 Å². The van der Waals surface area contributed by atoms with Crippen molar-refractivity contribution in [3.05, 3.63) is 11.9 Å². The van der Waals surface area contributed by atoms with Crippen LogP contribution in [0.3, 0.4) is 0 Å². The highest BCUT2D eigenvalue weighted by atomic mass is 19.4. The predicted octanol–water partition coefficient (Wildman–Crippen LogP) is 3.55. The van der Waals surface area contributed by atoms with Crippen LogP contribution in [0.2, 0.25) is 0 Å². The molecule has 1 heterocycles. The maximum atomic E-state index is 12.9. The van der Waals surface area contributed by atoms with Gasteiger partial charge in [-0.25, -0.2) is 9.97 Å². The predicted molar refractivity (Wildman–Crippen MR) is 74.0 cm³/mol. The van der Waals surface area contributed by atoms with Crippen LogP contribution in [-0.4, -0.2) is 29.1 Å². The largest absolute Gasteiger partial charge is 0.451 e. The third kappa shape index (κ3) is 4.25. The minimum absolute atomic E-state index is 0.0698. The van der Waals surface area contributed by atoms with E-state index >= 15 is 0 Å². The fourth-order valence-corrected chi connectivity index (χ4v) is 1.86. The van der Waals surface area contributed by atoms with E-state index in [0.717, 1.165) is 6.42 Å². The topological polar surface area (TPSA) is 41.0 Å². The Bertz CT molecular complexity index is 432. The summed E-state index contributed by atoms with van der Waals surface area (Å²) in [6.45, 7) is 8.80. The Morgan fingerprint density at radius 1 is 1.25 bits per heavy atom. The molecule has 0 bridgehead atoms. The Hall–Kier alpha value is -1.53. The van der Waals surface area contributed by atoms with Gasteiger partial charge in [0.15, 0.2) is 0 Å². The second kappa shape index (κ2) is 6.76. The summed E-state index contributed by atoms with van der Waals surface area (Å²) in [6.07, 6.45) is -3.71. The molecule has 20 heavy (non-hydrogen) atoms. The average Bonchev–Trinajstić information content (AvgIpc) is 2.34. The lowest BCUT2D eigenvalue weighted by Gasteiger charge is -2.28. The van der Waals surface area contributed by atoms with Crippen LogP contribution in [0.25, 0.3) is 0 Å². The van der Waals surface area contributed by atoms with Crippen molar-refractivity contribution in [1.82, 2.24) is 9.97 Å². The highest BCUT2D eigenvalue weighted by molar-refractivity contribution is 5.50. The second-order valence-corrected chi connectivity index (χ2v) is 4.75. The summed E-state index contributed by atoms with van der Waals surface area (Å²) in [5.41, 5.74) is 0. The summed E-state index contributed by atoms with van der Waals surface area (Å²) < 4.78 is 38.6. The van der Waals surface area contributed by atoms with Crippen molar-refractivity contribution in [1.29, 1.82) is 0 Å². The van der Waals surface area contributed by atoms with Crippen molar-refractivity contribution >= 4 is 11.6 Å². The van der Waals surface area contributed by atoms with E-state index < -0.39 is 12.0 Å². The van der Waals surface area contributed by atoms with Crippen molar-refractivity contribution in [3.63, 3.8) is 0 Å². The number of alkyl halides is 3. The quantitative estimate of drug-likeness (QED) is 0.870. The van der Waals surface area contributed by atoms with Crippen molar-refractivity contribution in [2.45, 2.75) is 46.3 Å². The smallest absolute Gasteiger partial charge is 0.370 e. The van der Waals surface area contributed by atoms with Crippen LogP contribution in [0.4, 0.5) is 24.8 Å². The first-order chi connectivity index (χ1) is 9.29. The van der Waals surface area contributed by atoms with Crippen LogP contribution >= 0.6 is 0 Å². The van der Waals surface area contributed by atoms with E-state index in [1.807, 2.05) is 25.7 Å². The molecular weight excluding hydrogens is 269 g/mol. The summed E-state index contributed by atoms with van der Waals surface area (Å²) >= 11 is 0. The molecule has 0 saturated carbocycles. The monoisotopic (exact) mass is 290 g/mol. The number of hydrogen-bond donors (Lipinski definition) is 1. The van der Waals surface area contributed by atoms with Gasteiger partial charge in [0.2, 0.25) is 5.82 Å². The van der Waals surface area contributed by atoms with E-state index in [9.17, 15) is 13.2 Å². The molecule has 7 heteroatoms. The first-order valence-electron chi connectivity index (χ1n) is 6.76. The summed E-state index contributed by atoms with van der Waals surface area (Å²) in [7, 11) is 0. The molecule has 1 aromatic heterocycles. The molecule has 114 valence electrons. The summed E-state index contributed by atoms with van der Waals surface area (Å²) in [4.78, 5) is 9.04. The Morgan fingerprint density at radius 2 is 1.90 bits per heavy atom. The molecule has 0 saturated heterocycles. The molecule has 0 amide bonds. The van der Waals surface area contributed by atoms with Gasteiger partial charge in [-0.2, -0.15) is 13.2 Å². The Kier molecular flexibility index (Phi) is 5.59. The van der Waals surface area contributed by atoms with Crippen LogP contribution in [0.1, 0.15) is 39.9 Å². The molecule has 1 aromatic rings. The van der Waals surface area contributed by atoms with Gasteiger partial charge in [-0.05, 0) is 27.2 Å². The van der Waals surface area contributed by atoms with Crippen LogP contribution < -0.4 is 10.2 Å². The van der Waals surface area contributed by atoms with Crippen molar-refractivity contribution in [2.24, 2.45) is 0 Å². The highest BCUT2D eigenvalue weighted by Gasteiger charge is 2.36. The van der Waals surface area contributed by atoms with Gasteiger partial charge >= 0.3 is 6.18 Å². The summed E-state index contributed by atoms with van der Waals surface area (Å²) in [5.74, 6) is -0.598. The molecule has 0 aliphatic rings. The Balaban J connectivity index is 3.26. The van der Waals surface area contributed by atoms with Gasteiger partial charge < -0.3 is 10.2 Å². The molecule has 1 rings (SSSR count). The minimum atomic E-state index is -4.55. The molecular formula is C13H21F3N4. The third-order valence-electron chi connectivity index (χ3n) is 2.71. The van der Waals surface area contributed by atoms with E-state index in [1.54, 1.807) is 13.0 Å². The van der Waals surface area contributed by atoms with Gasteiger partial charge in [0, 0.05) is 25.2 Å². The molecule has 0 aliphatic heterocycles. The fourth-order valence-electron chi connectivity index (χ4n) is 1.86. The van der Waals surface area contributed by atoms with Gasteiger partial charge in [-0.15, -0.1) is 0 Å². The van der Waals surface area contributed by atoms with E-state index in [1.165, 1.54) is 0 Å². The van der Waals surface area contributed by atoms with E-state index in [-0.39, 0.29) is 11.9 Å². The normalized spacial score (nSPS) is 11.8. The summed E-state index contributed by atoms with van der Waals surface area (Å²) in [5, 5.41) is 2.82. The zero-order valence-electron chi connectivity index (χ0n) is 12.3. The van der Waals surface area contributed by atoms with Crippen LogP contribution in [0.5, 0.6) is 0 Å². The fraction of sp³-hybridized carbons (Fsp3) is 0.692. The van der Waals surface area contributed by atoms with Crippen molar-refractivity contribution in [2.75, 3.05) is 23.3 Å². The van der Waals surface area contributed by atoms with Gasteiger partial charge in [0.05, 0.1) is 0 Å². The van der Waals surface area contributed by atoms with Gasteiger partial charge in [-0.3, -0.25) is 0 Å². The molecule has 0 atom stereocenters. The second-order valence-electron chi connectivity index (χ2n) is 4.75. The van der Waals surface area contributed by atoms with Gasteiger partial charge in [-0.1, -0.05) is 6.92 Å². The Morgan fingerprint density at radius 3 is 2.35 bits per heavy atom. The molecule has 1 N–H and O–H groups in total. The number of rotatable bonds is 6. The SMILES string of the molecule is CCCN(c1cc(NCC)nc(C(F)(F)F)n1)C(C)C. The zero-order chi connectivity index (χ0) is 15.3. The number of hydrogen-bond acceptors (Lipinski definition) is 4. The zero-order valence-corrected chi connectivity index (χ0v) is 12.3. The lowest BCUT2D eigenvalue weighted by molar-refractivity contribution is -0.144. The first kappa shape index (κ1) is 16.5. The highest BCUT2D eigenvalue weighted by Crippen LogP contribution is 2.29. The van der Waals surface area contributed by atoms with Gasteiger partial charge in [0.1, 0.15) is 11.6 Å². The van der Waals surface area contributed by atoms with Crippen LogP contribution in [0.15, 0.2) is 6.07 Å². The van der Waals surface area contributed by atoms with Crippen LogP contribution in [-0.2, 0) is 6.18 Å². The number of halogens is 3. The number of nitrogens with zero attached hydrogens (tertiary/aromatic N) is 3. The van der Waals surface area contributed by atoms with Crippen LogP contribution in [0, 0.1) is 0 Å².